The van der Waals surface area contributed by atoms with Crippen LogP contribution >= 0.6 is 0 Å². The number of nitrogens with one attached hydrogen (secondary N) is 2. The number of benzene rings is 1. The van der Waals surface area contributed by atoms with E-state index in [1.807, 2.05) is 5.32 Å². The molecule has 3 amide bonds. The smallest absolute Gasteiger partial charge is 0.308 e. The highest BCUT2D eigenvalue weighted by Gasteiger charge is 2.06. The fraction of sp³-hybridized carbons (Fsp3) is 0.100. The summed E-state index contributed by atoms with van der Waals surface area (Å²) < 4.78 is 12.5. The van der Waals surface area contributed by atoms with E-state index in [0.29, 0.717) is 5.69 Å². The molecule has 82 valence electrons. The van der Waals surface area contributed by atoms with Gasteiger partial charge in [-0.05, 0) is 24.3 Å². The predicted molar refractivity (Wildman–Crippen MR) is 53.8 cm³/mol. The molecule has 0 atom stereocenters. The SMILES string of the molecule is N#CCC(=O)NC(=O)Nc1ccc(F)cc1. The van der Waals surface area contributed by atoms with E-state index in [4.69, 9.17) is 5.26 Å². The Morgan fingerprint density at radius 3 is 2.50 bits per heavy atom. The second-order valence-electron chi connectivity index (χ2n) is 2.84. The van der Waals surface area contributed by atoms with E-state index in [2.05, 4.69) is 5.32 Å². The Bertz CT molecular complexity index is 436. The number of rotatable bonds is 2. The van der Waals surface area contributed by atoms with Gasteiger partial charge in [0.2, 0.25) is 5.91 Å². The lowest BCUT2D eigenvalue weighted by molar-refractivity contribution is -0.118. The van der Waals surface area contributed by atoms with Crippen LogP contribution in [-0.2, 0) is 4.79 Å². The lowest BCUT2D eigenvalue weighted by Crippen LogP contribution is -2.33. The minimum absolute atomic E-state index is 0.351. The van der Waals surface area contributed by atoms with E-state index in [9.17, 15) is 14.0 Å². The van der Waals surface area contributed by atoms with Crippen molar-refractivity contribution >= 4 is 17.6 Å². The van der Waals surface area contributed by atoms with Crippen LogP contribution < -0.4 is 10.6 Å². The van der Waals surface area contributed by atoms with Gasteiger partial charge in [0.15, 0.2) is 0 Å². The van der Waals surface area contributed by atoms with Gasteiger partial charge in [-0.1, -0.05) is 0 Å². The highest BCUT2D eigenvalue weighted by molar-refractivity contribution is 6.01. The number of nitriles is 1. The Morgan fingerprint density at radius 1 is 1.31 bits per heavy atom. The van der Waals surface area contributed by atoms with Gasteiger partial charge in [-0.2, -0.15) is 5.26 Å². The summed E-state index contributed by atoms with van der Waals surface area (Å²) in [6, 6.07) is 5.89. The van der Waals surface area contributed by atoms with Crippen LogP contribution in [0.25, 0.3) is 0 Å². The van der Waals surface area contributed by atoms with Crippen molar-refractivity contribution in [3.05, 3.63) is 30.1 Å². The average Bonchev–Trinajstić information content (AvgIpc) is 2.21. The van der Waals surface area contributed by atoms with Crippen LogP contribution in [0.2, 0.25) is 0 Å². The zero-order chi connectivity index (χ0) is 12.0. The minimum Gasteiger partial charge on any atom is -0.308 e. The third kappa shape index (κ3) is 3.75. The quantitative estimate of drug-likeness (QED) is 0.791. The zero-order valence-electron chi connectivity index (χ0n) is 8.16. The second kappa shape index (κ2) is 5.46. The fourth-order valence-corrected chi connectivity index (χ4v) is 0.938. The van der Waals surface area contributed by atoms with E-state index in [0.717, 1.165) is 0 Å². The van der Waals surface area contributed by atoms with Gasteiger partial charge in [-0.15, -0.1) is 0 Å². The number of anilines is 1. The molecular formula is C10H8FN3O2. The summed E-state index contributed by atoms with van der Waals surface area (Å²) >= 11 is 0. The molecule has 0 unspecified atom stereocenters. The maximum absolute atomic E-state index is 12.5. The Hall–Kier alpha value is -2.42. The summed E-state index contributed by atoms with van der Waals surface area (Å²) in [7, 11) is 0. The molecule has 0 radical (unpaired) electrons. The number of urea groups is 1. The van der Waals surface area contributed by atoms with Gasteiger partial charge < -0.3 is 5.32 Å². The number of carbonyl (C=O) groups is 2. The average molecular weight is 221 g/mol. The second-order valence-corrected chi connectivity index (χ2v) is 2.84. The molecule has 0 saturated heterocycles. The monoisotopic (exact) mass is 221 g/mol. The molecule has 1 aromatic rings. The Labute approximate surface area is 90.9 Å². The molecule has 5 nitrogen and oxygen atoms in total. The number of hydrogen-bond donors (Lipinski definition) is 2. The van der Waals surface area contributed by atoms with E-state index in [1.54, 1.807) is 6.07 Å². The highest BCUT2D eigenvalue weighted by atomic mass is 19.1. The standard InChI is InChI=1S/C10H8FN3O2/c11-7-1-3-8(4-2-7)13-10(16)14-9(15)5-6-12/h1-4H,5H2,(H2,13,14,15,16). The third-order valence-corrected chi connectivity index (χ3v) is 1.59. The normalized spacial score (nSPS) is 9.00. The predicted octanol–water partition coefficient (Wildman–Crippen LogP) is 1.39. The maximum atomic E-state index is 12.5. The lowest BCUT2D eigenvalue weighted by Gasteiger charge is -2.04. The van der Waals surface area contributed by atoms with Gasteiger partial charge in [0.05, 0.1) is 6.07 Å². The molecule has 1 aromatic carbocycles. The van der Waals surface area contributed by atoms with Gasteiger partial charge in [0.1, 0.15) is 12.2 Å². The molecule has 0 aromatic heterocycles. The Morgan fingerprint density at radius 2 is 1.94 bits per heavy atom. The molecule has 0 aliphatic heterocycles. The van der Waals surface area contributed by atoms with Gasteiger partial charge >= 0.3 is 6.03 Å². The number of nitrogens with zero attached hydrogens (tertiary/aromatic N) is 1. The van der Waals surface area contributed by atoms with Crippen LogP contribution in [-0.4, -0.2) is 11.9 Å². The van der Waals surface area contributed by atoms with Crippen molar-refractivity contribution in [1.82, 2.24) is 5.32 Å². The molecule has 0 spiro atoms. The topological polar surface area (TPSA) is 82.0 Å². The molecule has 0 heterocycles. The maximum Gasteiger partial charge on any atom is 0.325 e. The molecule has 1 rings (SSSR count). The number of halogens is 1. The number of hydrogen-bond acceptors (Lipinski definition) is 3. The first-order valence-corrected chi connectivity index (χ1v) is 4.35. The molecule has 0 bridgehead atoms. The minimum atomic E-state index is -0.758. The van der Waals surface area contributed by atoms with Crippen LogP contribution in [0, 0.1) is 17.1 Å². The van der Waals surface area contributed by atoms with Gasteiger partial charge in [0, 0.05) is 5.69 Å². The van der Waals surface area contributed by atoms with Crippen molar-refractivity contribution in [3.8, 4) is 6.07 Å². The summed E-state index contributed by atoms with van der Waals surface area (Å²) in [6.07, 6.45) is -0.392. The first-order chi connectivity index (χ1) is 7.61. The van der Waals surface area contributed by atoms with Gasteiger partial charge in [0.25, 0.3) is 0 Å². The molecule has 0 aliphatic carbocycles. The van der Waals surface area contributed by atoms with Crippen LogP contribution in [0.5, 0.6) is 0 Å². The molecule has 2 N–H and O–H groups in total. The molecule has 0 aliphatic rings. The summed E-state index contributed by atoms with van der Waals surface area (Å²) in [5, 5.41) is 12.4. The van der Waals surface area contributed by atoms with Gasteiger partial charge in [-0.3, -0.25) is 10.1 Å². The van der Waals surface area contributed by atoms with E-state index in [1.165, 1.54) is 24.3 Å². The number of carbonyl (C=O) groups excluding carboxylic acids is 2. The van der Waals surface area contributed by atoms with Crippen molar-refractivity contribution in [2.45, 2.75) is 6.42 Å². The van der Waals surface area contributed by atoms with Crippen molar-refractivity contribution < 1.29 is 14.0 Å². The first-order valence-electron chi connectivity index (χ1n) is 4.35. The number of amides is 3. The van der Waals surface area contributed by atoms with Crippen LogP contribution in [0.4, 0.5) is 14.9 Å². The van der Waals surface area contributed by atoms with E-state index < -0.39 is 24.2 Å². The summed E-state index contributed by atoms with van der Waals surface area (Å²) in [4.78, 5) is 22.0. The van der Waals surface area contributed by atoms with Crippen molar-refractivity contribution in [1.29, 1.82) is 5.26 Å². The zero-order valence-corrected chi connectivity index (χ0v) is 8.16. The van der Waals surface area contributed by atoms with Crippen LogP contribution in [0.3, 0.4) is 0 Å². The van der Waals surface area contributed by atoms with Crippen LogP contribution in [0.1, 0.15) is 6.42 Å². The molecule has 0 saturated carbocycles. The third-order valence-electron chi connectivity index (χ3n) is 1.59. The highest BCUT2D eigenvalue weighted by Crippen LogP contribution is 2.07. The van der Waals surface area contributed by atoms with E-state index >= 15 is 0 Å². The van der Waals surface area contributed by atoms with Gasteiger partial charge in [-0.25, -0.2) is 9.18 Å². The van der Waals surface area contributed by atoms with Crippen molar-refractivity contribution in [2.75, 3.05) is 5.32 Å². The Kier molecular flexibility index (Phi) is 3.98. The first kappa shape index (κ1) is 11.7. The van der Waals surface area contributed by atoms with E-state index in [-0.39, 0.29) is 0 Å². The molecule has 0 fully saturated rings. The summed E-state index contributed by atoms with van der Waals surface area (Å²) in [6.45, 7) is 0. The largest absolute Gasteiger partial charge is 0.325 e. The molecular weight excluding hydrogens is 213 g/mol. The summed E-state index contributed by atoms with van der Waals surface area (Å²) in [5.74, 6) is -1.12. The number of imide groups is 1. The van der Waals surface area contributed by atoms with Crippen molar-refractivity contribution in [3.63, 3.8) is 0 Å². The fourth-order valence-electron chi connectivity index (χ4n) is 0.938. The lowest BCUT2D eigenvalue weighted by atomic mass is 10.3. The molecule has 16 heavy (non-hydrogen) atoms. The molecule has 6 heteroatoms. The van der Waals surface area contributed by atoms with Crippen molar-refractivity contribution in [2.24, 2.45) is 0 Å². The summed E-state index contributed by atoms with van der Waals surface area (Å²) in [5.41, 5.74) is 0.351. The van der Waals surface area contributed by atoms with Crippen LogP contribution in [0.15, 0.2) is 24.3 Å². The Balaban J connectivity index is 2.49.